The molecule has 1 N–H and O–H groups in total. The van der Waals surface area contributed by atoms with Crippen molar-refractivity contribution < 1.29 is 14.2 Å². The van der Waals surface area contributed by atoms with Crippen LogP contribution in [0.4, 0.5) is 5.69 Å². The van der Waals surface area contributed by atoms with Crippen molar-refractivity contribution in [1.82, 2.24) is 0 Å². The minimum absolute atomic E-state index is 0.466. The van der Waals surface area contributed by atoms with E-state index in [-0.39, 0.29) is 0 Å². The zero-order valence-electron chi connectivity index (χ0n) is 15.9. The molecule has 0 aliphatic heterocycles. The summed E-state index contributed by atoms with van der Waals surface area (Å²) in [6.07, 6.45) is 0. The molecule has 0 saturated carbocycles. The number of hydrogen-bond acceptors (Lipinski definition) is 4. The molecular weight excluding hydrogens is 374 g/mol. The van der Waals surface area contributed by atoms with E-state index in [1.807, 2.05) is 79.7 Å². The Balaban J connectivity index is 1.42. The van der Waals surface area contributed by atoms with E-state index in [2.05, 4.69) is 5.32 Å². The third-order valence-corrected chi connectivity index (χ3v) is 4.48. The number of rotatable bonds is 10. The highest BCUT2D eigenvalue weighted by molar-refractivity contribution is 6.31. The third-order valence-electron chi connectivity index (χ3n) is 4.06. The van der Waals surface area contributed by atoms with Gasteiger partial charge in [0.05, 0.1) is 5.69 Å². The summed E-state index contributed by atoms with van der Waals surface area (Å²) in [5.41, 5.74) is 1.93. The van der Waals surface area contributed by atoms with Gasteiger partial charge in [-0.25, -0.2) is 0 Å². The summed E-state index contributed by atoms with van der Waals surface area (Å²) in [4.78, 5) is 0. The quantitative estimate of drug-likeness (QED) is 0.452. The van der Waals surface area contributed by atoms with E-state index in [1.165, 1.54) is 0 Å². The standard InChI is InChI=1S/C23H24ClNO3/c1-18-17-20(11-12-21(18)24)26-14-13-25-22-9-5-6-10-23(22)28-16-15-27-19-7-3-2-4-8-19/h2-12,17,25H,13-16H2,1H3. The summed E-state index contributed by atoms with van der Waals surface area (Å²) in [7, 11) is 0. The molecule has 3 aromatic carbocycles. The van der Waals surface area contributed by atoms with Gasteiger partial charge in [-0.2, -0.15) is 0 Å². The molecule has 0 spiro atoms. The Morgan fingerprint density at radius 1 is 0.750 bits per heavy atom. The summed E-state index contributed by atoms with van der Waals surface area (Å²) in [5, 5.41) is 4.09. The van der Waals surface area contributed by atoms with Crippen molar-refractivity contribution >= 4 is 17.3 Å². The molecule has 0 saturated heterocycles. The van der Waals surface area contributed by atoms with Crippen LogP contribution in [0, 0.1) is 6.92 Å². The van der Waals surface area contributed by atoms with Crippen molar-refractivity contribution in [3.63, 3.8) is 0 Å². The molecule has 28 heavy (non-hydrogen) atoms. The number of aryl methyl sites for hydroxylation is 1. The van der Waals surface area contributed by atoms with Crippen LogP contribution in [0.25, 0.3) is 0 Å². The first kappa shape index (κ1) is 19.9. The number of anilines is 1. The van der Waals surface area contributed by atoms with E-state index in [0.29, 0.717) is 26.4 Å². The van der Waals surface area contributed by atoms with E-state index in [4.69, 9.17) is 25.8 Å². The molecule has 3 aromatic rings. The summed E-state index contributed by atoms with van der Waals surface area (Å²) < 4.78 is 17.3. The summed E-state index contributed by atoms with van der Waals surface area (Å²) in [5.74, 6) is 2.44. The molecule has 0 aliphatic rings. The molecule has 5 heteroatoms. The van der Waals surface area contributed by atoms with Gasteiger partial charge in [-0.3, -0.25) is 0 Å². The van der Waals surface area contributed by atoms with Crippen LogP contribution in [0.15, 0.2) is 72.8 Å². The molecule has 0 radical (unpaired) electrons. The smallest absolute Gasteiger partial charge is 0.142 e. The molecule has 0 fully saturated rings. The summed E-state index contributed by atoms with van der Waals surface area (Å²) >= 11 is 6.04. The van der Waals surface area contributed by atoms with Crippen molar-refractivity contribution in [1.29, 1.82) is 0 Å². The van der Waals surface area contributed by atoms with Gasteiger partial charge in [-0.05, 0) is 55.0 Å². The average Bonchev–Trinajstić information content (AvgIpc) is 2.73. The van der Waals surface area contributed by atoms with E-state index >= 15 is 0 Å². The molecule has 0 aliphatic carbocycles. The first-order valence-corrected chi connectivity index (χ1v) is 9.62. The first-order valence-electron chi connectivity index (χ1n) is 9.25. The van der Waals surface area contributed by atoms with Crippen LogP contribution in [0.1, 0.15) is 5.56 Å². The van der Waals surface area contributed by atoms with Crippen molar-refractivity contribution in [2.45, 2.75) is 6.92 Å². The van der Waals surface area contributed by atoms with Crippen LogP contribution < -0.4 is 19.5 Å². The predicted octanol–water partition coefficient (Wildman–Crippen LogP) is 5.60. The Hall–Kier alpha value is -2.85. The Bertz CT molecular complexity index is 871. The zero-order valence-corrected chi connectivity index (χ0v) is 16.6. The molecule has 0 bridgehead atoms. The minimum atomic E-state index is 0.466. The lowest BCUT2D eigenvalue weighted by Gasteiger charge is -2.14. The number of halogens is 1. The van der Waals surface area contributed by atoms with Crippen LogP contribution in [-0.2, 0) is 0 Å². The SMILES string of the molecule is Cc1cc(OCCNc2ccccc2OCCOc2ccccc2)ccc1Cl. The lowest BCUT2D eigenvalue weighted by molar-refractivity contribution is 0.217. The molecule has 0 aromatic heterocycles. The molecule has 3 rings (SSSR count). The van der Waals surface area contributed by atoms with Crippen LogP contribution in [0.3, 0.4) is 0 Å². The zero-order chi connectivity index (χ0) is 19.6. The summed E-state index contributed by atoms with van der Waals surface area (Å²) in [6, 6.07) is 23.2. The van der Waals surface area contributed by atoms with E-state index < -0.39 is 0 Å². The number of ether oxygens (including phenoxy) is 3. The number of nitrogens with one attached hydrogen (secondary N) is 1. The number of hydrogen-bond donors (Lipinski definition) is 1. The molecule has 4 nitrogen and oxygen atoms in total. The van der Waals surface area contributed by atoms with E-state index in [1.54, 1.807) is 0 Å². The van der Waals surface area contributed by atoms with Gasteiger partial charge in [-0.15, -0.1) is 0 Å². The molecule has 0 atom stereocenters. The fourth-order valence-electron chi connectivity index (χ4n) is 2.63. The summed E-state index contributed by atoms with van der Waals surface area (Å²) in [6.45, 7) is 4.10. The molecule has 0 heterocycles. The fraction of sp³-hybridized carbons (Fsp3) is 0.217. The van der Waals surface area contributed by atoms with E-state index in [9.17, 15) is 0 Å². The Kier molecular flexibility index (Phi) is 7.44. The Morgan fingerprint density at radius 2 is 1.46 bits per heavy atom. The topological polar surface area (TPSA) is 39.7 Å². The number of benzene rings is 3. The van der Waals surface area contributed by atoms with Gasteiger partial charge in [0.1, 0.15) is 37.1 Å². The predicted molar refractivity (Wildman–Crippen MR) is 114 cm³/mol. The van der Waals surface area contributed by atoms with Crippen LogP contribution in [0.5, 0.6) is 17.2 Å². The van der Waals surface area contributed by atoms with Crippen molar-refractivity contribution in [2.75, 3.05) is 31.7 Å². The Labute approximate surface area is 171 Å². The van der Waals surface area contributed by atoms with Crippen LogP contribution >= 0.6 is 11.6 Å². The molecule has 0 amide bonds. The van der Waals surface area contributed by atoms with Gasteiger partial charge in [0, 0.05) is 11.6 Å². The van der Waals surface area contributed by atoms with Crippen LogP contribution in [-0.4, -0.2) is 26.4 Å². The minimum Gasteiger partial charge on any atom is -0.492 e. The maximum atomic E-state index is 6.04. The maximum Gasteiger partial charge on any atom is 0.142 e. The fourth-order valence-corrected chi connectivity index (χ4v) is 2.75. The largest absolute Gasteiger partial charge is 0.492 e. The second-order valence-corrected chi connectivity index (χ2v) is 6.60. The first-order chi connectivity index (χ1) is 13.7. The van der Waals surface area contributed by atoms with Crippen molar-refractivity contribution in [3.8, 4) is 17.2 Å². The second-order valence-electron chi connectivity index (χ2n) is 6.19. The normalized spacial score (nSPS) is 10.4. The van der Waals surface area contributed by atoms with Crippen molar-refractivity contribution in [3.05, 3.63) is 83.4 Å². The number of para-hydroxylation sites is 3. The highest BCUT2D eigenvalue weighted by Gasteiger charge is 2.03. The molecular formula is C23H24ClNO3. The van der Waals surface area contributed by atoms with Gasteiger partial charge < -0.3 is 19.5 Å². The lowest BCUT2D eigenvalue weighted by Crippen LogP contribution is -2.14. The van der Waals surface area contributed by atoms with Crippen LogP contribution in [0.2, 0.25) is 5.02 Å². The van der Waals surface area contributed by atoms with Gasteiger partial charge in [-0.1, -0.05) is 41.9 Å². The molecule has 0 unspecified atom stereocenters. The average molecular weight is 398 g/mol. The van der Waals surface area contributed by atoms with E-state index in [0.717, 1.165) is 33.5 Å². The maximum absolute atomic E-state index is 6.04. The van der Waals surface area contributed by atoms with Gasteiger partial charge >= 0.3 is 0 Å². The Morgan fingerprint density at radius 3 is 2.29 bits per heavy atom. The van der Waals surface area contributed by atoms with Crippen molar-refractivity contribution in [2.24, 2.45) is 0 Å². The highest BCUT2D eigenvalue weighted by Crippen LogP contribution is 2.24. The molecule has 146 valence electrons. The monoisotopic (exact) mass is 397 g/mol. The second kappa shape index (κ2) is 10.5. The van der Waals surface area contributed by atoms with Gasteiger partial charge in [0.25, 0.3) is 0 Å². The lowest BCUT2D eigenvalue weighted by atomic mass is 10.2. The van der Waals surface area contributed by atoms with Gasteiger partial charge in [0.15, 0.2) is 0 Å². The highest BCUT2D eigenvalue weighted by atomic mass is 35.5. The van der Waals surface area contributed by atoms with Gasteiger partial charge in [0.2, 0.25) is 0 Å². The third kappa shape index (κ3) is 6.10.